The van der Waals surface area contributed by atoms with Crippen molar-refractivity contribution in [3.05, 3.63) is 29.8 Å². The van der Waals surface area contributed by atoms with Crippen LogP contribution in [0.4, 0.5) is 5.95 Å². The molecule has 21 heavy (non-hydrogen) atoms. The molecule has 8 heteroatoms. The van der Waals surface area contributed by atoms with Gasteiger partial charge >= 0.3 is 6.01 Å². The largest absolute Gasteiger partial charge is 0.484 e. The average Bonchev–Trinajstić information content (AvgIpc) is 2.93. The first-order chi connectivity index (χ1) is 10.2. The number of nitriles is 1. The summed E-state index contributed by atoms with van der Waals surface area (Å²) in [5.41, 5.74) is 0.525. The minimum absolute atomic E-state index is 0.167. The van der Waals surface area contributed by atoms with Gasteiger partial charge in [0.1, 0.15) is 5.75 Å². The molecule has 0 aliphatic heterocycles. The van der Waals surface area contributed by atoms with Gasteiger partial charge in [0, 0.05) is 0 Å². The monoisotopic (exact) mass is 287 g/mol. The summed E-state index contributed by atoms with van der Waals surface area (Å²) in [5.74, 6) is 0.294. The summed E-state index contributed by atoms with van der Waals surface area (Å²) in [7, 11) is 0. The number of amides is 1. The van der Waals surface area contributed by atoms with Crippen molar-refractivity contribution in [1.29, 1.82) is 5.26 Å². The standard InChI is InChI=1S/C13H13N5O3/c1-2-20-13-16-12(17-18-13)15-11(19)8-21-10-5-3-9(7-14)4-6-10/h3-6H,2,8H2,1H3,(H2,15,16,17,18,19). The second-order valence-corrected chi connectivity index (χ2v) is 3.87. The van der Waals surface area contributed by atoms with Gasteiger partial charge in [0.2, 0.25) is 5.95 Å². The Balaban J connectivity index is 1.82. The van der Waals surface area contributed by atoms with Crippen LogP contribution in [-0.2, 0) is 4.79 Å². The third-order valence-electron chi connectivity index (χ3n) is 2.35. The van der Waals surface area contributed by atoms with Gasteiger partial charge < -0.3 is 9.47 Å². The van der Waals surface area contributed by atoms with E-state index in [1.165, 1.54) is 0 Å². The van der Waals surface area contributed by atoms with Crippen LogP contribution >= 0.6 is 0 Å². The molecule has 0 saturated heterocycles. The molecule has 1 amide bonds. The maximum absolute atomic E-state index is 11.7. The maximum Gasteiger partial charge on any atom is 0.337 e. The number of H-pyrrole nitrogens is 1. The van der Waals surface area contributed by atoms with Crippen molar-refractivity contribution in [2.75, 3.05) is 18.5 Å². The Kier molecular flexibility index (Phi) is 4.71. The van der Waals surface area contributed by atoms with E-state index in [0.29, 0.717) is 17.9 Å². The number of anilines is 1. The Morgan fingerprint density at radius 1 is 1.38 bits per heavy atom. The van der Waals surface area contributed by atoms with Gasteiger partial charge in [-0.25, -0.2) is 5.10 Å². The van der Waals surface area contributed by atoms with E-state index < -0.39 is 5.91 Å². The normalized spacial score (nSPS) is 9.71. The van der Waals surface area contributed by atoms with Gasteiger partial charge in [-0.1, -0.05) is 0 Å². The lowest BCUT2D eigenvalue weighted by Crippen LogP contribution is -2.20. The van der Waals surface area contributed by atoms with Crippen molar-refractivity contribution >= 4 is 11.9 Å². The summed E-state index contributed by atoms with van der Waals surface area (Å²) in [4.78, 5) is 15.6. The van der Waals surface area contributed by atoms with Crippen LogP contribution in [0.2, 0.25) is 0 Å². The molecular weight excluding hydrogens is 274 g/mol. The molecule has 0 aliphatic carbocycles. The predicted molar refractivity (Wildman–Crippen MR) is 72.8 cm³/mol. The number of ether oxygens (including phenoxy) is 2. The number of hydrogen-bond donors (Lipinski definition) is 2. The molecule has 1 heterocycles. The van der Waals surface area contributed by atoms with Crippen LogP contribution in [0.3, 0.4) is 0 Å². The average molecular weight is 287 g/mol. The first kappa shape index (κ1) is 14.3. The smallest absolute Gasteiger partial charge is 0.337 e. The summed E-state index contributed by atoms with van der Waals surface area (Å²) in [6.07, 6.45) is 0. The molecule has 0 bridgehead atoms. The van der Waals surface area contributed by atoms with E-state index in [4.69, 9.17) is 14.7 Å². The van der Waals surface area contributed by atoms with E-state index in [1.807, 2.05) is 6.07 Å². The number of nitrogens with one attached hydrogen (secondary N) is 2. The van der Waals surface area contributed by atoms with Gasteiger partial charge in [0.05, 0.1) is 18.2 Å². The SMILES string of the molecule is CCOc1n[nH]c(NC(=O)COc2ccc(C#N)cc2)n1. The second kappa shape index (κ2) is 6.91. The molecule has 8 nitrogen and oxygen atoms in total. The Hall–Kier alpha value is -3.08. The van der Waals surface area contributed by atoms with E-state index >= 15 is 0 Å². The minimum atomic E-state index is -0.390. The molecule has 0 fully saturated rings. The van der Waals surface area contributed by atoms with Crippen LogP contribution in [0.1, 0.15) is 12.5 Å². The van der Waals surface area contributed by atoms with Crippen molar-refractivity contribution in [3.63, 3.8) is 0 Å². The zero-order chi connectivity index (χ0) is 15.1. The van der Waals surface area contributed by atoms with E-state index in [0.717, 1.165) is 0 Å². The number of aromatic nitrogens is 3. The molecule has 0 radical (unpaired) electrons. The molecule has 2 rings (SSSR count). The van der Waals surface area contributed by atoms with Crippen molar-refractivity contribution < 1.29 is 14.3 Å². The molecule has 2 aromatic rings. The highest BCUT2D eigenvalue weighted by atomic mass is 16.5. The van der Waals surface area contributed by atoms with Crippen LogP contribution in [0.15, 0.2) is 24.3 Å². The number of hydrogen-bond acceptors (Lipinski definition) is 6. The van der Waals surface area contributed by atoms with Crippen LogP contribution < -0.4 is 14.8 Å². The van der Waals surface area contributed by atoms with Gasteiger partial charge in [-0.3, -0.25) is 10.1 Å². The van der Waals surface area contributed by atoms with Crippen LogP contribution in [-0.4, -0.2) is 34.3 Å². The molecule has 0 aliphatic rings. The molecule has 1 aromatic carbocycles. The van der Waals surface area contributed by atoms with E-state index in [2.05, 4.69) is 20.5 Å². The first-order valence-electron chi connectivity index (χ1n) is 6.19. The Labute approximate surface area is 120 Å². The van der Waals surface area contributed by atoms with Crippen molar-refractivity contribution in [1.82, 2.24) is 15.2 Å². The lowest BCUT2D eigenvalue weighted by atomic mass is 10.2. The van der Waals surface area contributed by atoms with Crippen molar-refractivity contribution in [2.24, 2.45) is 0 Å². The third-order valence-corrected chi connectivity index (χ3v) is 2.35. The van der Waals surface area contributed by atoms with Gasteiger partial charge in [0.25, 0.3) is 5.91 Å². The van der Waals surface area contributed by atoms with E-state index in [9.17, 15) is 4.79 Å². The van der Waals surface area contributed by atoms with Gasteiger partial charge in [-0.2, -0.15) is 10.2 Å². The van der Waals surface area contributed by atoms with Crippen LogP contribution in [0, 0.1) is 11.3 Å². The zero-order valence-corrected chi connectivity index (χ0v) is 11.3. The number of nitrogens with zero attached hydrogens (tertiary/aromatic N) is 3. The summed E-state index contributed by atoms with van der Waals surface area (Å²) in [6, 6.07) is 8.62. The van der Waals surface area contributed by atoms with E-state index in [1.54, 1.807) is 31.2 Å². The summed E-state index contributed by atoms with van der Waals surface area (Å²) in [5, 5.41) is 17.4. The quantitative estimate of drug-likeness (QED) is 0.822. The molecule has 108 valence electrons. The molecule has 0 spiro atoms. The zero-order valence-electron chi connectivity index (χ0n) is 11.3. The summed E-state index contributed by atoms with van der Waals surface area (Å²) < 4.78 is 10.3. The highest BCUT2D eigenvalue weighted by Crippen LogP contribution is 2.11. The summed E-state index contributed by atoms with van der Waals surface area (Å²) >= 11 is 0. The number of carbonyl (C=O) groups is 1. The van der Waals surface area contributed by atoms with Gasteiger partial charge in [-0.15, -0.1) is 5.10 Å². The van der Waals surface area contributed by atoms with Crippen molar-refractivity contribution in [3.8, 4) is 17.8 Å². The Bertz CT molecular complexity index is 645. The lowest BCUT2D eigenvalue weighted by molar-refractivity contribution is -0.118. The van der Waals surface area contributed by atoms with Crippen LogP contribution in [0.25, 0.3) is 0 Å². The number of aromatic amines is 1. The number of benzene rings is 1. The fourth-order valence-corrected chi connectivity index (χ4v) is 1.44. The van der Waals surface area contributed by atoms with Crippen molar-refractivity contribution in [2.45, 2.75) is 6.92 Å². The lowest BCUT2D eigenvalue weighted by Gasteiger charge is -2.05. The fraction of sp³-hybridized carbons (Fsp3) is 0.231. The van der Waals surface area contributed by atoms with Crippen LogP contribution in [0.5, 0.6) is 11.8 Å². The highest BCUT2D eigenvalue weighted by Gasteiger charge is 2.08. The predicted octanol–water partition coefficient (Wildman–Crippen LogP) is 1.09. The number of carbonyl (C=O) groups excluding carboxylic acids is 1. The first-order valence-corrected chi connectivity index (χ1v) is 6.19. The van der Waals surface area contributed by atoms with E-state index in [-0.39, 0.29) is 18.6 Å². The highest BCUT2D eigenvalue weighted by molar-refractivity contribution is 5.90. The fourth-order valence-electron chi connectivity index (χ4n) is 1.44. The molecule has 0 atom stereocenters. The number of rotatable bonds is 6. The summed E-state index contributed by atoms with van der Waals surface area (Å²) in [6.45, 7) is 2.06. The third kappa shape index (κ3) is 4.21. The van der Waals surface area contributed by atoms with Gasteiger partial charge in [-0.05, 0) is 31.2 Å². The maximum atomic E-state index is 11.7. The molecular formula is C13H13N5O3. The second-order valence-electron chi connectivity index (χ2n) is 3.87. The molecule has 0 saturated carbocycles. The minimum Gasteiger partial charge on any atom is -0.484 e. The molecule has 2 N–H and O–H groups in total. The van der Waals surface area contributed by atoms with Gasteiger partial charge in [0.15, 0.2) is 6.61 Å². The molecule has 1 aromatic heterocycles. The topological polar surface area (TPSA) is 113 Å². The molecule has 0 unspecified atom stereocenters. The Morgan fingerprint density at radius 2 is 2.14 bits per heavy atom. The Morgan fingerprint density at radius 3 is 2.81 bits per heavy atom.